The maximum absolute atomic E-state index is 2.31. The van der Waals surface area contributed by atoms with Gasteiger partial charge in [-0.2, -0.15) is 0 Å². The van der Waals surface area contributed by atoms with E-state index in [1.807, 2.05) is 0 Å². The van der Waals surface area contributed by atoms with Crippen LogP contribution in [0, 0.1) is 0 Å². The maximum atomic E-state index is 2.31. The van der Waals surface area contributed by atoms with E-state index in [-0.39, 0.29) is 0 Å². The Morgan fingerprint density at radius 3 is 0.900 bits per heavy atom. The Bertz CT molecular complexity index is 187. The molecule has 0 aliphatic rings. The molecule has 0 N–H and O–H groups in total. The molecular formula is C16H38N4. The van der Waals surface area contributed by atoms with Gasteiger partial charge in [0.05, 0.1) is 12.3 Å². The summed E-state index contributed by atoms with van der Waals surface area (Å²) < 4.78 is 0. The van der Waals surface area contributed by atoms with Crippen molar-refractivity contribution in [1.29, 1.82) is 0 Å². The molecule has 0 saturated heterocycles. The van der Waals surface area contributed by atoms with E-state index < -0.39 is 0 Å². The highest BCUT2D eigenvalue weighted by atomic mass is 15.3. The predicted molar refractivity (Wildman–Crippen MR) is 90.0 cm³/mol. The van der Waals surface area contributed by atoms with Crippen LogP contribution in [-0.2, 0) is 0 Å². The van der Waals surface area contributed by atoms with Crippen molar-refractivity contribution in [2.75, 3.05) is 56.4 Å². The minimum absolute atomic E-state index is 0.575. The third-order valence-corrected chi connectivity index (χ3v) is 4.06. The summed E-state index contributed by atoms with van der Waals surface area (Å²) in [7, 11) is 17.4. The molecule has 4 nitrogen and oxygen atoms in total. The standard InChI is InChI=1S/C16H38N4/c1-17(2)15(18(3)4)13-11-9-10-12-14-16(19(5)6)20(7)8/h15-16H,9-14H2,1-8H3. The van der Waals surface area contributed by atoms with Gasteiger partial charge in [0.1, 0.15) is 0 Å². The fourth-order valence-electron chi connectivity index (χ4n) is 2.96. The average Bonchev–Trinajstić information content (AvgIpc) is 2.30. The second kappa shape index (κ2) is 10.6. The van der Waals surface area contributed by atoms with Gasteiger partial charge in [0.15, 0.2) is 0 Å². The van der Waals surface area contributed by atoms with Crippen LogP contribution in [0.25, 0.3) is 0 Å². The molecular weight excluding hydrogens is 248 g/mol. The summed E-state index contributed by atoms with van der Waals surface area (Å²) in [6.45, 7) is 0. The van der Waals surface area contributed by atoms with Gasteiger partial charge < -0.3 is 0 Å². The molecule has 0 aliphatic carbocycles. The van der Waals surface area contributed by atoms with Crippen LogP contribution in [0.1, 0.15) is 38.5 Å². The van der Waals surface area contributed by atoms with Crippen molar-refractivity contribution >= 4 is 0 Å². The first kappa shape index (κ1) is 19.8. The van der Waals surface area contributed by atoms with E-state index in [0.717, 1.165) is 0 Å². The van der Waals surface area contributed by atoms with Crippen molar-refractivity contribution in [3.8, 4) is 0 Å². The van der Waals surface area contributed by atoms with E-state index in [2.05, 4.69) is 76.0 Å². The number of rotatable bonds is 11. The molecule has 0 bridgehead atoms. The number of hydrogen-bond donors (Lipinski definition) is 0. The molecule has 0 spiro atoms. The first-order chi connectivity index (χ1) is 9.27. The molecule has 20 heavy (non-hydrogen) atoms. The highest BCUT2D eigenvalue weighted by molar-refractivity contribution is 4.65. The summed E-state index contributed by atoms with van der Waals surface area (Å²) in [4.78, 5) is 9.25. The lowest BCUT2D eigenvalue weighted by Gasteiger charge is -2.31. The first-order valence-corrected chi connectivity index (χ1v) is 7.93. The van der Waals surface area contributed by atoms with Gasteiger partial charge in [-0.1, -0.05) is 25.7 Å². The molecule has 0 fully saturated rings. The van der Waals surface area contributed by atoms with Crippen molar-refractivity contribution in [2.45, 2.75) is 50.9 Å². The van der Waals surface area contributed by atoms with Gasteiger partial charge in [-0.25, -0.2) is 0 Å². The summed E-state index contributed by atoms with van der Waals surface area (Å²) in [5.74, 6) is 0. The largest absolute Gasteiger partial charge is 0.294 e. The van der Waals surface area contributed by atoms with E-state index in [9.17, 15) is 0 Å². The Morgan fingerprint density at radius 2 is 0.700 bits per heavy atom. The third kappa shape index (κ3) is 8.20. The number of hydrogen-bond acceptors (Lipinski definition) is 4. The van der Waals surface area contributed by atoms with E-state index >= 15 is 0 Å². The fraction of sp³-hybridized carbons (Fsp3) is 1.00. The van der Waals surface area contributed by atoms with Crippen molar-refractivity contribution < 1.29 is 0 Å². The summed E-state index contributed by atoms with van der Waals surface area (Å²) in [6.07, 6.45) is 9.05. The Hall–Kier alpha value is -0.160. The Balaban J connectivity index is 3.76. The molecule has 0 atom stereocenters. The molecule has 0 amide bonds. The lowest BCUT2D eigenvalue weighted by atomic mass is 10.1. The SMILES string of the molecule is CN(C)C(CCCCCCC(N(C)C)N(C)C)N(C)C. The zero-order valence-electron chi connectivity index (χ0n) is 15.2. The zero-order chi connectivity index (χ0) is 15.7. The highest BCUT2D eigenvalue weighted by Gasteiger charge is 2.14. The van der Waals surface area contributed by atoms with Crippen molar-refractivity contribution in [3.05, 3.63) is 0 Å². The minimum Gasteiger partial charge on any atom is -0.294 e. The highest BCUT2D eigenvalue weighted by Crippen LogP contribution is 2.14. The molecule has 0 aliphatic heterocycles. The Labute approximate surface area is 127 Å². The van der Waals surface area contributed by atoms with E-state index in [0.29, 0.717) is 12.3 Å². The molecule has 0 aromatic rings. The lowest BCUT2D eigenvalue weighted by Crippen LogP contribution is -2.40. The molecule has 0 radical (unpaired) electrons. The average molecular weight is 287 g/mol. The Morgan fingerprint density at radius 1 is 0.450 bits per heavy atom. The van der Waals surface area contributed by atoms with Crippen LogP contribution >= 0.6 is 0 Å². The summed E-state index contributed by atoms with van der Waals surface area (Å²) in [5.41, 5.74) is 0. The monoisotopic (exact) mass is 286 g/mol. The van der Waals surface area contributed by atoms with Gasteiger partial charge in [-0.3, -0.25) is 19.6 Å². The van der Waals surface area contributed by atoms with Crippen LogP contribution in [0.2, 0.25) is 0 Å². The van der Waals surface area contributed by atoms with Crippen LogP contribution in [0.15, 0.2) is 0 Å². The third-order valence-electron chi connectivity index (χ3n) is 4.06. The van der Waals surface area contributed by atoms with Gasteiger partial charge in [0.2, 0.25) is 0 Å². The van der Waals surface area contributed by atoms with Crippen LogP contribution < -0.4 is 0 Å². The van der Waals surface area contributed by atoms with E-state index in [1.54, 1.807) is 0 Å². The van der Waals surface area contributed by atoms with Crippen molar-refractivity contribution in [2.24, 2.45) is 0 Å². The summed E-state index contributed by atoms with van der Waals surface area (Å²) in [6, 6.07) is 0. The minimum atomic E-state index is 0.575. The van der Waals surface area contributed by atoms with E-state index in [4.69, 9.17) is 0 Å². The van der Waals surface area contributed by atoms with Crippen molar-refractivity contribution in [3.63, 3.8) is 0 Å². The molecule has 0 aromatic heterocycles. The molecule has 0 saturated carbocycles. The molecule has 0 rings (SSSR count). The first-order valence-electron chi connectivity index (χ1n) is 7.93. The van der Waals surface area contributed by atoms with Crippen molar-refractivity contribution in [1.82, 2.24) is 19.6 Å². The maximum Gasteiger partial charge on any atom is 0.0612 e. The van der Waals surface area contributed by atoms with Crippen LogP contribution in [0.4, 0.5) is 0 Å². The molecule has 0 heterocycles. The van der Waals surface area contributed by atoms with Crippen LogP contribution in [0.5, 0.6) is 0 Å². The molecule has 4 heteroatoms. The normalized spacial score (nSPS) is 12.9. The van der Waals surface area contributed by atoms with E-state index in [1.165, 1.54) is 38.5 Å². The van der Waals surface area contributed by atoms with Crippen LogP contribution in [-0.4, -0.2) is 88.3 Å². The second-order valence-electron chi connectivity index (χ2n) is 6.81. The van der Waals surface area contributed by atoms with Gasteiger partial charge in [-0.15, -0.1) is 0 Å². The summed E-state index contributed by atoms with van der Waals surface area (Å²) >= 11 is 0. The number of nitrogens with zero attached hydrogens (tertiary/aromatic N) is 4. The smallest absolute Gasteiger partial charge is 0.0612 e. The summed E-state index contributed by atoms with van der Waals surface area (Å²) in [5, 5.41) is 0. The second-order valence-corrected chi connectivity index (χ2v) is 6.81. The fourth-order valence-corrected chi connectivity index (χ4v) is 2.96. The van der Waals surface area contributed by atoms with Gasteiger partial charge in [0, 0.05) is 0 Å². The lowest BCUT2D eigenvalue weighted by molar-refractivity contribution is 0.113. The van der Waals surface area contributed by atoms with Crippen LogP contribution in [0.3, 0.4) is 0 Å². The molecule has 122 valence electrons. The van der Waals surface area contributed by atoms with Gasteiger partial charge in [-0.05, 0) is 69.2 Å². The van der Waals surface area contributed by atoms with Gasteiger partial charge in [0.25, 0.3) is 0 Å². The number of unbranched alkanes of at least 4 members (excludes halogenated alkanes) is 3. The molecule has 0 aromatic carbocycles. The van der Waals surface area contributed by atoms with Gasteiger partial charge >= 0.3 is 0 Å². The molecule has 0 unspecified atom stereocenters. The quantitative estimate of drug-likeness (QED) is 0.426. The predicted octanol–water partition coefficient (Wildman–Crippen LogP) is 2.23. The Kier molecular flexibility index (Phi) is 10.5. The topological polar surface area (TPSA) is 13.0 Å². The zero-order valence-corrected chi connectivity index (χ0v) is 15.2.